The molecule has 1 saturated heterocycles. The van der Waals surface area contributed by atoms with E-state index in [9.17, 15) is 18.7 Å². The summed E-state index contributed by atoms with van der Waals surface area (Å²) in [6, 6.07) is 10.6. The van der Waals surface area contributed by atoms with Gasteiger partial charge in [-0.3, -0.25) is 14.7 Å². The van der Waals surface area contributed by atoms with Crippen molar-refractivity contribution in [1.29, 1.82) is 0 Å². The van der Waals surface area contributed by atoms with Crippen molar-refractivity contribution < 1.29 is 28.3 Å². The lowest BCUT2D eigenvalue weighted by atomic mass is 9.81. The van der Waals surface area contributed by atoms with Crippen LogP contribution in [0.2, 0.25) is 0 Å². The Morgan fingerprint density at radius 1 is 1.21 bits per heavy atom. The number of carboxylic acids is 1. The zero-order valence-electron chi connectivity index (χ0n) is 21.4. The largest absolute Gasteiger partial charge is 0.497 e. The number of likely N-dealkylation sites (tertiary alicyclic amines) is 1. The van der Waals surface area contributed by atoms with Crippen LogP contribution in [0.1, 0.15) is 36.4 Å². The summed E-state index contributed by atoms with van der Waals surface area (Å²) < 4.78 is 32.2. The van der Waals surface area contributed by atoms with E-state index in [-0.39, 0.29) is 17.5 Å². The molecule has 0 unspecified atom stereocenters. The summed E-state index contributed by atoms with van der Waals surface area (Å²) in [5.74, 6) is 3.66. The van der Waals surface area contributed by atoms with Crippen molar-refractivity contribution in [2.45, 2.75) is 25.3 Å². The molecule has 0 saturated carbocycles. The van der Waals surface area contributed by atoms with Gasteiger partial charge in [-0.25, -0.2) is 8.78 Å². The Labute approximate surface area is 220 Å². The highest BCUT2D eigenvalue weighted by Crippen LogP contribution is 2.33. The number of nitrogens with zero attached hydrogens (tertiary/aromatic N) is 2. The molecular formula is C29H31F2N3O4. The molecule has 0 bridgehead atoms. The molecule has 7 nitrogen and oxygen atoms in total. The van der Waals surface area contributed by atoms with Crippen LogP contribution in [-0.2, 0) is 9.63 Å². The number of hydrogen-bond acceptors (Lipinski definition) is 6. The van der Waals surface area contributed by atoms with E-state index in [1.54, 1.807) is 20.4 Å². The number of carbonyl (C=O) groups is 1. The minimum atomic E-state index is -0.838. The predicted molar refractivity (Wildman–Crippen MR) is 139 cm³/mol. The van der Waals surface area contributed by atoms with E-state index in [4.69, 9.17) is 9.57 Å². The van der Waals surface area contributed by atoms with Crippen LogP contribution >= 0.6 is 0 Å². The van der Waals surface area contributed by atoms with Crippen LogP contribution in [0.25, 0.3) is 10.9 Å². The van der Waals surface area contributed by atoms with Gasteiger partial charge < -0.3 is 14.7 Å². The fourth-order valence-electron chi connectivity index (χ4n) is 5.09. The number of halogens is 2. The van der Waals surface area contributed by atoms with Crippen LogP contribution < -0.4 is 10.2 Å². The molecule has 0 amide bonds. The Morgan fingerprint density at radius 2 is 2.00 bits per heavy atom. The third-order valence-corrected chi connectivity index (χ3v) is 7.00. The summed E-state index contributed by atoms with van der Waals surface area (Å²) in [5.41, 5.74) is 5.17. The summed E-state index contributed by atoms with van der Waals surface area (Å²) in [7, 11) is 3.18. The van der Waals surface area contributed by atoms with E-state index >= 15 is 0 Å². The number of benzene rings is 2. The molecule has 200 valence electrons. The van der Waals surface area contributed by atoms with Crippen molar-refractivity contribution in [3.8, 4) is 17.6 Å². The summed E-state index contributed by atoms with van der Waals surface area (Å²) >= 11 is 0. The Kier molecular flexibility index (Phi) is 9.24. The maximum atomic E-state index is 13.4. The zero-order chi connectivity index (χ0) is 27.1. The van der Waals surface area contributed by atoms with E-state index in [1.165, 1.54) is 12.1 Å². The number of nitrogens with one attached hydrogen (secondary N) is 1. The molecular weight excluding hydrogens is 492 g/mol. The second-order valence-corrected chi connectivity index (χ2v) is 9.42. The number of fused-ring (bicyclic) bond motifs is 1. The van der Waals surface area contributed by atoms with Gasteiger partial charge in [-0.15, -0.1) is 0 Å². The van der Waals surface area contributed by atoms with Crippen molar-refractivity contribution in [3.05, 3.63) is 71.4 Å². The van der Waals surface area contributed by atoms with Crippen LogP contribution in [0.3, 0.4) is 0 Å². The van der Waals surface area contributed by atoms with Gasteiger partial charge in [0.05, 0.1) is 38.2 Å². The highest BCUT2D eigenvalue weighted by Gasteiger charge is 2.34. The van der Waals surface area contributed by atoms with Crippen molar-refractivity contribution in [2.24, 2.45) is 11.8 Å². The minimum Gasteiger partial charge on any atom is -0.497 e. The number of methoxy groups -OCH3 is 1. The molecule has 1 aliphatic heterocycles. The molecule has 2 heterocycles. The average Bonchev–Trinajstić information content (AvgIpc) is 2.90. The number of ether oxygens (including phenoxy) is 1. The number of carboxylic acid groups (broad SMARTS) is 1. The number of aromatic nitrogens is 1. The van der Waals surface area contributed by atoms with E-state index in [2.05, 4.69) is 22.3 Å². The number of pyridine rings is 1. The molecule has 3 aromatic rings. The first kappa shape index (κ1) is 27.5. The normalized spacial score (nSPS) is 18.5. The van der Waals surface area contributed by atoms with Gasteiger partial charge in [-0.1, -0.05) is 11.8 Å². The first-order chi connectivity index (χ1) is 18.4. The Bertz CT molecular complexity index is 1320. The fourth-order valence-corrected chi connectivity index (χ4v) is 5.09. The zero-order valence-corrected chi connectivity index (χ0v) is 21.4. The maximum absolute atomic E-state index is 13.4. The smallest absolute Gasteiger partial charge is 0.308 e. The topological polar surface area (TPSA) is 83.9 Å². The van der Waals surface area contributed by atoms with Crippen LogP contribution in [-0.4, -0.2) is 54.8 Å². The lowest BCUT2D eigenvalue weighted by molar-refractivity contribution is -0.146. The van der Waals surface area contributed by atoms with Gasteiger partial charge in [0.2, 0.25) is 0 Å². The van der Waals surface area contributed by atoms with E-state index in [0.717, 1.165) is 28.3 Å². The summed E-state index contributed by atoms with van der Waals surface area (Å²) in [5, 5.41) is 10.9. The fraction of sp³-hybridized carbons (Fsp3) is 0.379. The maximum Gasteiger partial charge on any atom is 0.308 e. The van der Waals surface area contributed by atoms with Gasteiger partial charge in [0, 0.05) is 29.8 Å². The number of aliphatic carboxylic acids is 1. The van der Waals surface area contributed by atoms with Crippen LogP contribution in [0.4, 0.5) is 8.78 Å². The van der Waals surface area contributed by atoms with Crippen LogP contribution in [0.15, 0.2) is 48.7 Å². The molecule has 0 radical (unpaired) electrons. The van der Waals surface area contributed by atoms with E-state index < -0.39 is 23.5 Å². The van der Waals surface area contributed by atoms with Crippen molar-refractivity contribution >= 4 is 16.9 Å². The lowest BCUT2D eigenvalue weighted by Gasteiger charge is -2.36. The van der Waals surface area contributed by atoms with Crippen LogP contribution in [0.5, 0.6) is 5.75 Å². The molecule has 38 heavy (non-hydrogen) atoms. The quantitative estimate of drug-likeness (QED) is 0.314. The SMILES string of the molecule is CON[C@@H](CC[C@@H]1CCN(CC#Cc2cc(F)cc(F)c2)C[C@@H]1C(=O)O)c1ccnc2ccc(OC)cc12. The number of hydroxylamine groups is 1. The third-order valence-electron chi connectivity index (χ3n) is 7.00. The molecule has 1 fully saturated rings. The Hall–Kier alpha value is -3.58. The molecule has 3 atom stereocenters. The minimum absolute atomic E-state index is 0.0159. The van der Waals surface area contributed by atoms with E-state index in [1.807, 2.05) is 29.2 Å². The summed E-state index contributed by atoms with van der Waals surface area (Å²) in [4.78, 5) is 23.9. The highest BCUT2D eigenvalue weighted by atomic mass is 19.1. The molecule has 2 N–H and O–H groups in total. The third kappa shape index (κ3) is 6.84. The van der Waals surface area contributed by atoms with E-state index in [0.29, 0.717) is 38.9 Å². The average molecular weight is 524 g/mol. The highest BCUT2D eigenvalue weighted by molar-refractivity contribution is 5.84. The molecule has 9 heteroatoms. The number of piperidine rings is 1. The van der Waals surface area contributed by atoms with Crippen molar-refractivity contribution in [1.82, 2.24) is 15.4 Å². The molecule has 2 aromatic carbocycles. The molecule has 0 aliphatic carbocycles. The number of hydrogen-bond donors (Lipinski definition) is 2. The second-order valence-electron chi connectivity index (χ2n) is 9.42. The molecule has 4 rings (SSSR count). The van der Waals surface area contributed by atoms with Crippen molar-refractivity contribution in [3.63, 3.8) is 0 Å². The van der Waals surface area contributed by atoms with Gasteiger partial charge in [0.1, 0.15) is 17.4 Å². The van der Waals surface area contributed by atoms with Gasteiger partial charge in [0.25, 0.3) is 0 Å². The standard InChI is InChI=1S/C29H31F2N3O4/c1-37-23-6-8-27-25(17-23)24(9-11-32-27)28(33-38-2)7-5-20-10-13-34(18-26(20)29(35)36)12-3-4-19-14-21(30)16-22(31)15-19/h6,8-9,11,14-17,20,26,28,33H,5,7,10,12-13,18H2,1-2H3,(H,35,36)/t20-,26+,28+/m1/s1. The van der Waals surface area contributed by atoms with Crippen molar-refractivity contribution in [2.75, 3.05) is 33.9 Å². The van der Waals surface area contributed by atoms with Gasteiger partial charge in [0.15, 0.2) is 0 Å². The lowest BCUT2D eigenvalue weighted by Crippen LogP contribution is -2.44. The Balaban J connectivity index is 1.43. The van der Waals surface area contributed by atoms with Gasteiger partial charge in [-0.05, 0) is 73.7 Å². The summed E-state index contributed by atoms with van der Waals surface area (Å²) in [6.07, 6.45) is 3.82. The Morgan fingerprint density at radius 3 is 2.71 bits per heavy atom. The summed E-state index contributed by atoms with van der Waals surface area (Å²) in [6.45, 7) is 1.38. The molecule has 1 aromatic heterocycles. The number of rotatable bonds is 9. The van der Waals surface area contributed by atoms with Gasteiger partial charge >= 0.3 is 5.97 Å². The second kappa shape index (κ2) is 12.8. The first-order valence-corrected chi connectivity index (χ1v) is 12.5. The first-order valence-electron chi connectivity index (χ1n) is 12.5. The predicted octanol–water partition coefficient (Wildman–Crippen LogP) is 4.57. The molecule has 1 aliphatic rings. The van der Waals surface area contributed by atoms with Gasteiger partial charge in [-0.2, -0.15) is 5.48 Å². The monoisotopic (exact) mass is 523 g/mol. The van der Waals surface area contributed by atoms with Crippen LogP contribution in [0, 0.1) is 35.3 Å². The molecule has 0 spiro atoms.